The summed E-state index contributed by atoms with van der Waals surface area (Å²) in [6, 6.07) is 7.51. The van der Waals surface area contributed by atoms with Crippen LogP contribution in [-0.4, -0.2) is 37.0 Å². The van der Waals surface area contributed by atoms with Gasteiger partial charge in [-0.3, -0.25) is 14.9 Å². The van der Waals surface area contributed by atoms with Gasteiger partial charge in [0.2, 0.25) is 0 Å². The number of barbiturate groups is 1. The zero-order valence-electron chi connectivity index (χ0n) is 20.7. The molecule has 2 aliphatic rings. The highest BCUT2D eigenvalue weighted by molar-refractivity contribution is 6.46. The van der Waals surface area contributed by atoms with Gasteiger partial charge in [0.15, 0.2) is 0 Å². The van der Waals surface area contributed by atoms with Crippen molar-refractivity contribution in [2.75, 3.05) is 23.5 Å². The summed E-state index contributed by atoms with van der Waals surface area (Å²) < 4.78 is 5.67. The molecule has 0 atom stereocenters. The molecular formula is C27H27Cl2N3O4. The zero-order valence-corrected chi connectivity index (χ0v) is 22.3. The van der Waals surface area contributed by atoms with E-state index in [0.29, 0.717) is 11.3 Å². The van der Waals surface area contributed by atoms with Crippen LogP contribution >= 0.6 is 23.2 Å². The average Bonchev–Trinajstić information content (AvgIpc) is 2.81. The molecule has 2 heterocycles. The molecule has 2 aliphatic heterocycles. The summed E-state index contributed by atoms with van der Waals surface area (Å²) in [5, 5.41) is 2.42. The molecular weight excluding hydrogens is 501 g/mol. The summed E-state index contributed by atoms with van der Waals surface area (Å²) in [6.07, 6.45) is 4.61. The van der Waals surface area contributed by atoms with E-state index < -0.39 is 17.8 Å². The number of halogens is 2. The first-order valence-corrected chi connectivity index (χ1v) is 12.3. The Hall–Kier alpha value is -3.29. The standard InChI is InChI=1S/C27H27Cl2N3O4/c1-6-10-31-21-13-22(36-5)16(11-17(21)15(2)14-27(31,3)4)12-18-24(33)30-26(35)32(25(18)34)20-9-7-8-19(28)23(20)29/h7-9,11-14H,6,10H2,1-5H3,(H,30,33,35)/b18-12-. The number of carbonyl (C=O) groups is 3. The molecule has 4 rings (SSSR count). The fourth-order valence-corrected chi connectivity index (χ4v) is 5.12. The van der Waals surface area contributed by atoms with E-state index in [1.165, 1.54) is 19.3 Å². The summed E-state index contributed by atoms with van der Waals surface area (Å²) >= 11 is 12.4. The Kier molecular flexibility index (Phi) is 6.90. The van der Waals surface area contributed by atoms with Crippen molar-refractivity contribution in [1.82, 2.24) is 5.32 Å². The molecule has 1 N–H and O–H groups in total. The fourth-order valence-electron chi connectivity index (χ4n) is 4.74. The van der Waals surface area contributed by atoms with E-state index in [-0.39, 0.29) is 26.8 Å². The lowest BCUT2D eigenvalue weighted by atomic mass is 9.87. The molecule has 188 valence electrons. The molecule has 36 heavy (non-hydrogen) atoms. The molecule has 0 radical (unpaired) electrons. The molecule has 0 saturated carbocycles. The maximum Gasteiger partial charge on any atom is 0.336 e. The Morgan fingerprint density at radius 1 is 1.11 bits per heavy atom. The smallest absolute Gasteiger partial charge is 0.336 e. The Morgan fingerprint density at radius 2 is 1.83 bits per heavy atom. The Labute approximate surface area is 220 Å². The van der Waals surface area contributed by atoms with Crippen LogP contribution in [0, 0.1) is 0 Å². The number of nitrogens with one attached hydrogen (secondary N) is 1. The number of fused-ring (bicyclic) bond motifs is 1. The maximum absolute atomic E-state index is 13.4. The lowest BCUT2D eigenvalue weighted by Crippen LogP contribution is -2.54. The van der Waals surface area contributed by atoms with Crippen molar-refractivity contribution < 1.29 is 19.1 Å². The second kappa shape index (κ2) is 9.64. The van der Waals surface area contributed by atoms with Crippen LogP contribution in [0.5, 0.6) is 5.75 Å². The van der Waals surface area contributed by atoms with Crippen LogP contribution in [-0.2, 0) is 9.59 Å². The number of hydrogen-bond acceptors (Lipinski definition) is 5. The molecule has 1 saturated heterocycles. The number of ether oxygens (including phenoxy) is 1. The monoisotopic (exact) mass is 527 g/mol. The SMILES string of the molecule is CCCN1c2cc(OC)c(/C=C3/C(=O)NC(=O)N(c4cccc(Cl)c4Cl)C3=O)cc2C(C)=CC1(C)C. The first kappa shape index (κ1) is 25.8. The quantitative estimate of drug-likeness (QED) is 0.376. The number of methoxy groups -OCH3 is 1. The summed E-state index contributed by atoms with van der Waals surface area (Å²) in [6.45, 7) is 9.34. The second-order valence-electron chi connectivity index (χ2n) is 9.27. The lowest BCUT2D eigenvalue weighted by molar-refractivity contribution is -0.122. The van der Waals surface area contributed by atoms with Crippen molar-refractivity contribution in [2.24, 2.45) is 0 Å². The summed E-state index contributed by atoms with van der Waals surface area (Å²) in [5.41, 5.74) is 3.27. The van der Waals surface area contributed by atoms with Crippen molar-refractivity contribution in [1.29, 1.82) is 0 Å². The largest absolute Gasteiger partial charge is 0.496 e. The number of anilines is 2. The highest BCUT2D eigenvalue weighted by Gasteiger charge is 2.38. The Balaban J connectivity index is 1.84. The van der Waals surface area contributed by atoms with Gasteiger partial charge in [0.25, 0.3) is 11.8 Å². The molecule has 0 unspecified atom stereocenters. The zero-order chi connectivity index (χ0) is 26.4. The molecule has 4 amide bonds. The normalized spacial score (nSPS) is 18.2. The van der Waals surface area contributed by atoms with Gasteiger partial charge in [0.05, 0.1) is 28.4 Å². The van der Waals surface area contributed by atoms with Gasteiger partial charge < -0.3 is 9.64 Å². The molecule has 7 nitrogen and oxygen atoms in total. The van der Waals surface area contributed by atoms with E-state index in [0.717, 1.165) is 34.7 Å². The average molecular weight is 528 g/mol. The number of nitrogens with zero attached hydrogens (tertiary/aromatic N) is 2. The molecule has 0 aromatic heterocycles. The number of rotatable bonds is 5. The van der Waals surface area contributed by atoms with Crippen LogP contribution < -0.4 is 19.9 Å². The first-order valence-electron chi connectivity index (χ1n) is 11.5. The van der Waals surface area contributed by atoms with Crippen LogP contribution in [0.25, 0.3) is 11.6 Å². The van der Waals surface area contributed by atoms with E-state index in [9.17, 15) is 14.4 Å². The number of amides is 4. The van der Waals surface area contributed by atoms with Crippen LogP contribution in [0.4, 0.5) is 16.2 Å². The van der Waals surface area contributed by atoms with Crippen molar-refractivity contribution in [3.05, 3.63) is 63.2 Å². The van der Waals surface area contributed by atoms with Crippen molar-refractivity contribution in [2.45, 2.75) is 39.7 Å². The summed E-state index contributed by atoms with van der Waals surface area (Å²) in [4.78, 5) is 41.9. The minimum atomic E-state index is -0.903. The van der Waals surface area contributed by atoms with Gasteiger partial charge in [0.1, 0.15) is 11.3 Å². The Bertz CT molecular complexity index is 1350. The number of benzene rings is 2. The molecule has 0 aliphatic carbocycles. The topological polar surface area (TPSA) is 79.0 Å². The highest BCUT2D eigenvalue weighted by Crippen LogP contribution is 2.43. The van der Waals surface area contributed by atoms with E-state index >= 15 is 0 Å². The molecule has 0 bridgehead atoms. The lowest BCUT2D eigenvalue weighted by Gasteiger charge is -2.43. The number of carbonyl (C=O) groups excluding carboxylic acids is 3. The van der Waals surface area contributed by atoms with Crippen molar-refractivity contribution in [3.63, 3.8) is 0 Å². The van der Waals surface area contributed by atoms with Crippen LogP contribution in [0.3, 0.4) is 0 Å². The third-order valence-electron chi connectivity index (χ3n) is 6.35. The molecule has 0 spiro atoms. The predicted octanol–water partition coefficient (Wildman–Crippen LogP) is 6.08. The number of urea groups is 1. The molecule has 9 heteroatoms. The van der Waals surface area contributed by atoms with Gasteiger partial charge in [-0.2, -0.15) is 0 Å². The van der Waals surface area contributed by atoms with Gasteiger partial charge in [0, 0.05) is 29.4 Å². The van der Waals surface area contributed by atoms with Gasteiger partial charge >= 0.3 is 6.03 Å². The van der Waals surface area contributed by atoms with E-state index in [2.05, 4.69) is 37.1 Å². The summed E-state index contributed by atoms with van der Waals surface area (Å²) in [7, 11) is 1.54. The number of imide groups is 2. The van der Waals surface area contributed by atoms with E-state index in [1.54, 1.807) is 12.1 Å². The summed E-state index contributed by atoms with van der Waals surface area (Å²) in [5.74, 6) is -1.12. The van der Waals surface area contributed by atoms with Crippen molar-refractivity contribution >= 4 is 64.1 Å². The van der Waals surface area contributed by atoms with Crippen LogP contribution in [0.1, 0.15) is 45.2 Å². The molecule has 2 aromatic rings. The maximum atomic E-state index is 13.4. The van der Waals surface area contributed by atoms with Crippen LogP contribution in [0.2, 0.25) is 10.0 Å². The van der Waals surface area contributed by atoms with E-state index in [4.69, 9.17) is 27.9 Å². The molecule has 2 aromatic carbocycles. The second-order valence-corrected chi connectivity index (χ2v) is 10.1. The fraction of sp³-hybridized carbons (Fsp3) is 0.296. The third-order valence-corrected chi connectivity index (χ3v) is 7.16. The highest BCUT2D eigenvalue weighted by atomic mass is 35.5. The van der Waals surface area contributed by atoms with E-state index in [1.807, 2.05) is 19.1 Å². The minimum Gasteiger partial charge on any atom is -0.496 e. The van der Waals surface area contributed by atoms with Crippen LogP contribution in [0.15, 0.2) is 42.0 Å². The number of allylic oxidation sites excluding steroid dienone is 1. The van der Waals surface area contributed by atoms with Crippen molar-refractivity contribution in [3.8, 4) is 5.75 Å². The van der Waals surface area contributed by atoms with Gasteiger partial charge in [-0.1, -0.05) is 42.3 Å². The molecule has 1 fully saturated rings. The van der Waals surface area contributed by atoms with Gasteiger partial charge in [-0.25, -0.2) is 9.69 Å². The number of hydrogen-bond donors (Lipinski definition) is 1. The van der Waals surface area contributed by atoms with Gasteiger partial charge in [-0.05, 0) is 57.0 Å². The van der Waals surface area contributed by atoms with Gasteiger partial charge in [-0.15, -0.1) is 0 Å². The Morgan fingerprint density at radius 3 is 2.50 bits per heavy atom. The minimum absolute atomic E-state index is 0.0297. The first-order chi connectivity index (χ1) is 17.0. The predicted molar refractivity (Wildman–Crippen MR) is 144 cm³/mol. The third kappa shape index (κ3) is 4.38.